The van der Waals surface area contributed by atoms with Crippen LogP contribution in [-0.2, 0) is 16.1 Å². The van der Waals surface area contributed by atoms with Gasteiger partial charge in [0, 0.05) is 12.6 Å². The van der Waals surface area contributed by atoms with E-state index in [1.54, 1.807) is 0 Å². The Kier molecular flexibility index (Phi) is 4.38. The van der Waals surface area contributed by atoms with Crippen LogP contribution >= 0.6 is 0 Å². The Labute approximate surface area is 115 Å². The minimum atomic E-state index is -0.356. The van der Waals surface area contributed by atoms with Gasteiger partial charge in [-0.25, -0.2) is 0 Å². The minimum absolute atomic E-state index is 0.0738. The molecule has 8 heteroatoms. The summed E-state index contributed by atoms with van der Waals surface area (Å²) >= 11 is 0. The summed E-state index contributed by atoms with van der Waals surface area (Å²) in [7, 11) is 1.50. The third kappa shape index (κ3) is 3.61. The summed E-state index contributed by atoms with van der Waals surface area (Å²) in [6.45, 7) is -0.160. The summed E-state index contributed by atoms with van der Waals surface area (Å²) in [4.78, 5) is 23.7. The van der Waals surface area contributed by atoms with Gasteiger partial charge in [-0.2, -0.15) is 4.80 Å². The van der Waals surface area contributed by atoms with Crippen molar-refractivity contribution in [2.45, 2.75) is 6.54 Å². The van der Waals surface area contributed by atoms with Gasteiger partial charge >= 0.3 is 0 Å². The molecule has 0 spiro atoms. The fourth-order valence-corrected chi connectivity index (χ4v) is 1.46. The topological polar surface area (TPSA) is 102 Å². The van der Waals surface area contributed by atoms with E-state index in [-0.39, 0.29) is 24.9 Å². The summed E-state index contributed by atoms with van der Waals surface area (Å²) in [5.74, 6) is -0.176. The first-order chi connectivity index (χ1) is 9.69. The van der Waals surface area contributed by atoms with Crippen LogP contribution < -0.4 is 10.6 Å². The number of nitrogens with one attached hydrogen (secondary N) is 2. The van der Waals surface area contributed by atoms with E-state index in [0.717, 1.165) is 5.56 Å². The number of benzene rings is 1. The summed E-state index contributed by atoms with van der Waals surface area (Å²) in [5.41, 5.74) is 0.824. The van der Waals surface area contributed by atoms with Gasteiger partial charge in [-0.05, 0) is 5.21 Å². The van der Waals surface area contributed by atoms with E-state index in [1.165, 1.54) is 11.8 Å². The normalized spacial score (nSPS) is 10.1. The van der Waals surface area contributed by atoms with Gasteiger partial charge in [0.2, 0.25) is 17.6 Å². The Hall–Kier alpha value is -2.77. The molecule has 0 unspecified atom stereocenters. The molecule has 0 fully saturated rings. The highest BCUT2D eigenvalue weighted by Gasteiger charge is 2.09. The lowest BCUT2D eigenvalue weighted by molar-refractivity contribution is -0.126. The fraction of sp³-hybridized carbons (Fsp3) is 0.250. The molecule has 104 valence electrons. The lowest BCUT2D eigenvalue weighted by atomic mass is 10.2. The van der Waals surface area contributed by atoms with Crippen molar-refractivity contribution >= 4 is 11.8 Å². The van der Waals surface area contributed by atoms with Gasteiger partial charge in [-0.1, -0.05) is 30.3 Å². The maximum atomic E-state index is 11.6. The third-order valence-corrected chi connectivity index (χ3v) is 2.49. The number of amides is 2. The van der Waals surface area contributed by atoms with Crippen LogP contribution in [-0.4, -0.2) is 45.6 Å². The van der Waals surface area contributed by atoms with Gasteiger partial charge in [0.15, 0.2) is 0 Å². The molecule has 1 aromatic heterocycles. The molecule has 0 aliphatic heterocycles. The number of aromatic nitrogens is 4. The van der Waals surface area contributed by atoms with Crippen LogP contribution in [0.4, 0.5) is 0 Å². The van der Waals surface area contributed by atoms with Crippen LogP contribution in [0.25, 0.3) is 11.4 Å². The molecule has 0 bridgehead atoms. The Balaban J connectivity index is 1.93. The molecule has 8 nitrogen and oxygen atoms in total. The van der Waals surface area contributed by atoms with E-state index in [1.807, 2.05) is 30.3 Å². The number of carbonyl (C=O) groups is 2. The summed E-state index contributed by atoms with van der Waals surface area (Å²) < 4.78 is 0. The molecule has 1 heterocycles. The summed E-state index contributed by atoms with van der Waals surface area (Å²) in [6, 6.07) is 9.33. The zero-order valence-electron chi connectivity index (χ0n) is 10.9. The maximum Gasteiger partial charge on any atom is 0.244 e. The predicted molar refractivity (Wildman–Crippen MR) is 70.3 cm³/mol. The number of likely N-dealkylation sites (N-methyl/N-ethyl adjacent to an activating group) is 1. The zero-order valence-corrected chi connectivity index (χ0v) is 10.9. The maximum absolute atomic E-state index is 11.6. The Morgan fingerprint density at radius 1 is 1.20 bits per heavy atom. The molecule has 2 rings (SSSR count). The highest BCUT2D eigenvalue weighted by molar-refractivity contribution is 5.84. The Morgan fingerprint density at radius 2 is 1.95 bits per heavy atom. The third-order valence-electron chi connectivity index (χ3n) is 2.49. The lowest BCUT2D eigenvalue weighted by Gasteiger charge is -2.02. The van der Waals surface area contributed by atoms with Gasteiger partial charge in [0.05, 0.1) is 6.54 Å². The molecule has 0 radical (unpaired) electrons. The molecule has 20 heavy (non-hydrogen) atoms. The first-order valence-electron chi connectivity index (χ1n) is 5.99. The number of carbonyl (C=O) groups excluding carboxylic acids is 2. The van der Waals surface area contributed by atoms with Crippen molar-refractivity contribution in [3.8, 4) is 11.4 Å². The van der Waals surface area contributed by atoms with Gasteiger partial charge in [-0.3, -0.25) is 9.59 Å². The zero-order chi connectivity index (χ0) is 14.4. The van der Waals surface area contributed by atoms with Crippen molar-refractivity contribution in [2.75, 3.05) is 13.6 Å². The van der Waals surface area contributed by atoms with Crippen molar-refractivity contribution in [1.82, 2.24) is 30.8 Å². The van der Waals surface area contributed by atoms with Crippen LogP contribution in [0.3, 0.4) is 0 Å². The molecule has 2 amide bonds. The monoisotopic (exact) mass is 274 g/mol. The summed E-state index contributed by atoms with van der Waals surface area (Å²) in [6.07, 6.45) is 0. The van der Waals surface area contributed by atoms with Crippen LogP contribution in [0.15, 0.2) is 30.3 Å². The number of nitrogens with zero attached hydrogens (tertiary/aromatic N) is 4. The predicted octanol–water partition coefficient (Wildman–Crippen LogP) is -0.798. The molecule has 0 atom stereocenters. The second kappa shape index (κ2) is 6.41. The molecule has 1 aromatic carbocycles. The lowest BCUT2D eigenvalue weighted by Crippen LogP contribution is -2.37. The van der Waals surface area contributed by atoms with Gasteiger partial charge in [-0.15, -0.1) is 10.2 Å². The van der Waals surface area contributed by atoms with Crippen LogP contribution in [0.2, 0.25) is 0 Å². The molecular weight excluding hydrogens is 260 g/mol. The molecule has 0 aliphatic carbocycles. The molecule has 0 saturated carbocycles. The van der Waals surface area contributed by atoms with Gasteiger partial charge in [0.25, 0.3) is 0 Å². The van der Waals surface area contributed by atoms with Crippen LogP contribution in [0.5, 0.6) is 0 Å². The average Bonchev–Trinajstić information content (AvgIpc) is 2.94. The molecular formula is C12H14N6O2. The van der Waals surface area contributed by atoms with Crippen molar-refractivity contribution in [1.29, 1.82) is 0 Å². The number of rotatable bonds is 5. The van der Waals surface area contributed by atoms with E-state index in [9.17, 15) is 9.59 Å². The van der Waals surface area contributed by atoms with Gasteiger partial charge < -0.3 is 10.6 Å². The van der Waals surface area contributed by atoms with E-state index >= 15 is 0 Å². The van der Waals surface area contributed by atoms with Crippen molar-refractivity contribution in [3.05, 3.63) is 30.3 Å². The molecule has 2 aromatic rings. The largest absolute Gasteiger partial charge is 0.358 e. The molecule has 0 aliphatic rings. The van der Waals surface area contributed by atoms with E-state index in [4.69, 9.17) is 0 Å². The average molecular weight is 274 g/mol. The molecule has 2 N–H and O–H groups in total. The number of hydrogen-bond acceptors (Lipinski definition) is 5. The first kappa shape index (κ1) is 13.7. The van der Waals surface area contributed by atoms with Crippen LogP contribution in [0.1, 0.15) is 0 Å². The Bertz CT molecular complexity index is 595. The second-order valence-corrected chi connectivity index (χ2v) is 3.96. The van der Waals surface area contributed by atoms with Gasteiger partial charge in [0.1, 0.15) is 6.54 Å². The smallest absolute Gasteiger partial charge is 0.244 e. The Morgan fingerprint density at radius 3 is 2.65 bits per heavy atom. The second-order valence-electron chi connectivity index (χ2n) is 3.96. The first-order valence-corrected chi connectivity index (χ1v) is 5.99. The standard InChI is InChI=1S/C12H14N6O2/c1-13-10(19)7-14-11(20)8-18-16-12(15-17-18)9-5-3-2-4-6-9/h2-6H,7-8H2,1H3,(H,13,19)(H,14,20). The SMILES string of the molecule is CNC(=O)CNC(=O)Cn1nnc(-c2ccccc2)n1. The minimum Gasteiger partial charge on any atom is -0.358 e. The highest BCUT2D eigenvalue weighted by Crippen LogP contribution is 2.11. The highest BCUT2D eigenvalue weighted by atomic mass is 16.2. The number of hydrogen-bond donors (Lipinski definition) is 2. The van der Waals surface area contributed by atoms with Crippen molar-refractivity contribution in [2.24, 2.45) is 0 Å². The van der Waals surface area contributed by atoms with E-state index in [2.05, 4.69) is 26.0 Å². The van der Waals surface area contributed by atoms with E-state index in [0.29, 0.717) is 5.82 Å². The van der Waals surface area contributed by atoms with E-state index < -0.39 is 0 Å². The van der Waals surface area contributed by atoms with Crippen molar-refractivity contribution in [3.63, 3.8) is 0 Å². The quantitative estimate of drug-likeness (QED) is 0.743. The number of tetrazole rings is 1. The van der Waals surface area contributed by atoms with Crippen LogP contribution in [0, 0.1) is 0 Å². The summed E-state index contributed by atoms with van der Waals surface area (Å²) in [5, 5.41) is 16.6. The molecule has 0 saturated heterocycles. The van der Waals surface area contributed by atoms with Crippen molar-refractivity contribution < 1.29 is 9.59 Å². The fourth-order valence-electron chi connectivity index (χ4n) is 1.46.